The molecule has 3 aromatic rings. The first-order valence-corrected chi connectivity index (χ1v) is 7.95. The van der Waals surface area contributed by atoms with E-state index in [0.29, 0.717) is 28.9 Å². The van der Waals surface area contributed by atoms with Crippen LogP contribution in [0.2, 0.25) is 0 Å². The van der Waals surface area contributed by atoms with E-state index in [9.17, 15) is 4.79 Å². The summed E-state index contributed by atoms with van der Waals surface area (Å²) in [4.78, 5) is 16.9. The van der Waals surface area contributed by atoms with E-state index in [0.717, 1.165) is 24.3 Å². The van der Waals surface area contributed by atoms with Gasteiger partial charge in [0.1, 0.15) is 0 Å². The lowest BCUT2D eigenvalue weighted by Gasteiger charge is -2.08. The normalized spacial score (nSPS) is 12.7. The monoisotopic (exact) mass is 358 g/mol. The Morgan fingerprint density at radius 3 is 2.88 bits per heavy atom. The molecule has 0 saturated carbocycles. The van der Waals surface area contributed by atoms with Gasteiger partial charge >= 0.3 is 0 Å². The second kappa shape index (κ2) is 6.82. The molecule has 3 heterocycles. The van der Waals surface area contributed by atoms with Gasteiger partial charge in [-0.1, -0.05) is 23.4 Å². The van der Waals surface area contributed by atoms with Crippen LogP contribution in [-0.4, -0.2) is 16.0 Å². The Kier molecular flexibility index (Phi) is 4.74. The van der Waals surface area contributed by atoms with Crippen molar-refractivity contribution in [1.82, 2.24) is 20.8 Å². The van der Waals surface area contributed by atoms with Crippen LogP contribution in [0.3, 0.4) is 0 Å². The predicted molar refractivity (Wildman–Crippen MR) is 96.7 cm³/mol. The quantitative estimate of drug-likeness (QED) is 0.752. The van der Waals surface area contributed by atoms with E-state index in [4.69, 9.17) is 4.52 Å². The molecule has 2 aromatic heterocycles. The number of aryl methyl sites for hydroxylation is 2. The number of aromatic nitrogens is 2. The van der Waals surface area contributed by atoms with Crippen LogP contribution in [0.15, 0.2) is 28.8 Å². The highest BCUT2D eigenvalue weighted by molar-refractivity contribution is 6.06. The van der Waals surface area contributed by atoms with Crippen molar-refractivity contribution in [3.8, 4) is 0 Å². The third-order valence-corrected chi connectivity index (χ3v) is 4.34. The molecule has 7 heteroatoms. The molecule has 1 aliphatic rings. The highest BCUT2D eigenvalue weighted by Crippen LogP contribution is 2.22. The van der Waals surface area contributed by atoms with Gasteiger partial charge in [-0.25, -0.2) is 4.98 Å². The van der Waals surface area contributed by atoms with Gasteiger partial charge in [-0.05, 0) is 36.6 Å². The Labute approximate surface area is 151 Å². The number of carbonyl (C=O) groups is 1. The van der Waals surface area contributed by atoms with E-state index >= 15 is 0 Å². The number of benzene rings is 1. The summed E-state index contributed by atoms with van der Waals surface area (Å²) in [6.07, 6.45) is 0. The second-order valence-electron chi connectivity index (χ2n) is 6.15. The molecule has 1 aliphatic heterocycles. The first-order chi connectivity index (χ1) is 11.6. The van der Waals surface area contributed by atoms with Gasteiger partial charge in [0.2, 0.25) is 0 Å². The maximum atomic E-state index is 12.6. The summed E-state index contributed by atoms with van der Waals surface area (Å²) in [6, 6.07) is 8.10. The van der Waals surface area contributed by atoms with Crippen molar-refractivity contribution in [2.75, 3.05) is 0 Å². The van der Waals surface area contributed by atoms with Crippen LogP contribution in [0.4, 0.5) is 0 Å². The van der Waals surface area contributed by atoms with Crippen LogP contribution in [0.1, 0.15) is 38.4 Å². The smallest absolute Gasteiger partial charge is 0.258 e. The zero-order valence-electron chi connectivity index (χ0n) is 14.0. The minimum atomic E-state index is -0.143. The van der Waals surface area contributed by atoms with Gasteiger partial charge in [-0.15, -0.1) is 12.4 Å². The van der Waals surface area contributed by atoms with Crippen molar-refractivity contribution in [2.45, 2.75) is 33.5 Å². The van der Waals surface area contributed by atoms with Gasteiger partial charge in [0.15, 0.2) is 0 Å². The molecule has 2 N–H and O–H groups in total. The van der Waals surface area contributed by atoms with Gasteiger partial charge in [0, 0.05) is 25.3 Å². The number of carbonyl (C=O) groups excluding carboxylic acids is 1. The molecule has 1 amide bonds. The van der Waals surface area contributed by atoms with Crippen molar-refractivity contribution >= 4 is 29.4 Å². The largest absolute Gasteiger partial charge is 0.348 e. The molecule has 130 valence electrons. The summed E-state index contributed by atoms with van der Waals surface area (Å²) in [5.41, 5.74) is 6.09. The lowest BCUT2D eigenvalue weighted by molar-refractivity contribution is 0.0952. The molecule has 0 bridgehead atoms. The first kappa shape index (κ1) is 17.4. The van der Waals surface area contributed by atoms with E-state index in [1.807, 2.05) is 13.8 Å². The van der Waals surface area contributed by atoms with Crippen LogP contribution in [0.5, 0.6) is 0 Å². The van der Waals surface area contributed by atoms with Crippen LogP contribution < -0.4 is 10.6 Å². The van der Waals surface area contributed by atoms with Gasteiger partial charge in [-0.2, -0.15) is 0 Å². The summed E-state index contributed by atoms with van der Waals surface area (Å²) in [7, 11) is 0. The van der Waals surface area contributed by atoms with E-state index in [1.54, 1.807) is 6.07 Å². The molecule has 6 nitrogen and oxygen atoms in total. The Bertz CT molecular complexity index is 952. The van der Waals surface area contributed by atoms with E-state index in [1.165, 1.54) is 11.1 Å². The van der Waals surface area contributed by atoms with Crippen molar-refractivity contribution in [2.24, 2.45) is 0 Å². The Balaban J connectivity index is 0.00000182. The average molecular weight is 359 g/mol. The number of nitrogens with zero attached hydrogens (tertiary/aromatic N) is 2. The fourth-order valence-electron chi connectivity index (χ4n) is 3.13. The fourth-order valence-corrected chi connectivity index (χ4v) is 3.13. The highest BCUT2D eigenvalue weighted by Gasteiger charge is 2.18. The number of pyridine rings is 1. The minimum Gasteiger partial charge on any atom is -0.348 e. The molecule has 0 fully saturated rings. The summed E-state index contributed by atoms with van der Waals surface area (Å²) in [5.74, 6) is -0.143. The Morgan fingerprint density at radius 1 is 1.24 bits per heavy atom. The lowest BCUT2D eigenvalue weighted by Crippen LogP contribution is -2.23. The van der Waals surface area contributed by atoms with Gasteiger partial charge in [0.05, 0.1) is 16.6 Å². The highest BCUT2D eigenvalue weighted by atomic mass is 35.5. The zero-order chi connectivity index (χ0) is 16.7. The standard InChI is InChI=1S/C18H18N4O2.ClH/c1-10-5-15(16-11(2)22-24-18(16)21-10)17(23)20-7-12-3-4-13-8-19-9-14(13)6-12;/h3-6,19H,7-9H2,1-2H3,(H,20,23);1H. The molecule has 4 rings (SSSR count). The molecule has 0 unspecified atom stereocenters. The number of amides is 1. The fraction of sp³-hybridized carbons (Fsp3) is 0.278. The SMILES string of the molecule is Cc1cc(C(=O)NCc2ccc3c(c2)CNC3)c2c(C)noc2n1.Cl. The molecule has 0 spiro atoms. The third kappa shape index (κ3) is 3.23. The van der Waals surface area contributed by atoms with E-state index < -0.39 is 0 Å². The first-order valence-electron chi connectivity index (χ1n) is 7.95. The average Bonchev–Trinajstić information content (AvgIpc) is 3.18. The molecular formula is C18H19ClN4O2. The van der Waals surface area contributed by atoms with Crippen molar-refractivity contribution in [1.29, 1.82) is 0 Å². The minimum absolute atomic E-state index is 0. The number of hydrogen-bond acceptors (Lipinski definition) is 5. The number of rotatable bonds is 3. The van der Waals surface area contributed by atoms with Gasteiger partial charge in [-0.3, -0.25) is 4.79 Å². The number of hydrogen-bond donors (Lipinski definition) is 2. The molecule has 0 atom stereocenters. The zero-order valence-corrected chi connectivity index (χ0v) is 14.9. The van der Waals surface area contributed by atoms with Crippen LogP contribution in [0, 0.1) is 13.8 Å². The van der Waals surface area contributed by atoms with Crippen molar-refractivity contribution in [3.63, 3.8) is 0 Å². The molecule has 0 aliphatic carbocycles. The van der Waals surface area contributed by atoms with E-state index in [-0.39, 0.29) is 18.3 Å². The second-order valence-corrected chi connectivity index (χ2v) is 6.15. The van der Waals surface area contributed by atoms with Crippen molar-refractivity contribution < 1.29 is 9.32 Å². The van der Waals surface area contributed by atoms with Gasteiger partial charge in [0.25, 0.3) is 11.6 Å². The van der Waals surface area contributed by atoms with Crippen molar-refractivity contribution in [3.05, 3.63) is 57.9 Å². The molecule has 0 radical (unpaired) electrons. The summed E-state index contributed by atoms with van der Waals surface area (Å²) in [6.45, 7) is 5.94. The maximum absolute atomic E-state index is 12.6. The summed E-state index contributed by atoms with van der Waals surface area (Å²) < 4.78 is 5.19. The maximum Gasteiger partial charge on any atom is 0.258 e. The Morgan fingerprint density at radius 2 is 2.04 bits per heavy atom. The predicted octanol–water partition coefficient (Wildman–Crippen LogP) is 2.79. The number of halogens is 1. The molecule has 1 aromatic carbocycles. The van der Waals surface area contributed by atoms with E-state index in [2.05, 4.69) is 39.0 Å². The number of nitrogens with one attached hydrogen (secondary N) is 2. The van der Waals surface area contributed by atoms with Crippen LogP contribution in [0.25, 0.3) is 11.1 Å². The van der Waals surface area contributed by atoms with Crippen LogP contribution in [-0.2, 0) is 19.6 Å². The number of fused-ring (bicyclic) bond motifs is 2. The Hall–Kier alpha value is -2.44. The molecular weight excluding hydrogens is 340 g/mol. The molecule has 25 heavy (non-hydrogen) atoms. The molecule has 0 saturated heterocycles. The van der Waals surface area contributed by atoms with Crippen LogP contribution >= 0.6 is 12.4 Å². The summed E-state index contributed by atoms with van der Waals surface area (Å²) in [5, 5.41) is 10.9. The third-order valence-electron chi connectivity index (χ3n) is 4.34. The lowest BCUT2D eigenvalue weighted by atomic mass is 10.1. The summed E-state index contributed by atoms with van der Waals surface area (Å²) >= 11 is 0. The van der Waals surface area contributed by atoms with Gasteiger partial charge < -0.3 is 15.2 Å². The topological polar surface area (TPSA) is 80.0 Å².